The maximum absolute atomic E-state index is 10.6. The van der Waals surface area contributed by atoms with Crippen LogP contribution in [0.25, 0.3) is 0 Å². The fourth-order valence-electron chi connectivity index (χ4n) is 1.02. The molecule has 1 N–H and O–H groups in total. The molecule has 1 atom stereocenters. The molecule has 1 heterocycles. The first-order chi connectivity index (χ1) is 7.00. The van der Waals surface area contributed by atoms with E-state index in [0.717, 1.165) is 5.69 Å². The highest BCUT2D eigenvalue weighted by Gasteiger charge is 2.12. The van der Waals surface area contributed by atoms with Crippen molar-refractivity contribution in [1.82, 2.24) is 9.78 Å². The normalized spacial score (nSPS) is 13.1. The number of hydrogen-bond donors (Lipinski definition) is 1. The Morgan fingerprint density at radius 2 is 2.27 bits per heavy atom. The molecular weight excluding hydrogens is 212 g/mol. The van der Waals surface area contributed by atoms with Crippen molar-refractivity contribution >= 4 is 17.7 Å². The highest BCUT2D eigenvalue weighted by Crippen LogP contribution is 2.17. The summed E-state index contributed by atoms with van der Waals surface area (Å²) < 4.78 is 1.88. The lowest BCUT2D eigenvalue weighted by Gasteiger charge is -2.05. The first-order valence-corrected chi connectivity index (χ1v) is 5.94. The van der Waals surface area contributed by atoms with E-state index < -0.39 is 5.97 Å². The van der Waals surface area contributed by atoms with Gasteiger partial charge >= 0.3 is 5.97 Å². The van der Waals surface area contributed by atoms with E-state index in [1.54, 1.807) is 6.92 Å². The summed E-state index contributed by atoms with van der Waals surface area (Å²) in [7, 11) is 0. The van der Waals surface area contributed by atoms with Crippen LogP contribution < -0.4 is 0 Å². The summed E-state index contributed by atoms with van der Waals surface area (Å²) >= 11 is 1.39. The summed E-state index contributed by atoms with van der Waals surface area (Å²) in [6.45, 7) is 5.81. The lowest BCUT2D eigenvalue weighted by atomic mass is 10.4. The van der Waals surface area contributed by atoms with Gasteiger partial charge in [0.2, 0.25) is 0 Å². The van der Waals surface area contributed by atoms with Crippen molar-refractivity contribution in [2.75, 3.05) is 0 Å². The Morgan fingerprint density at radius 1 is 1.60 bits per heavy atom. The number of hydrogen-bond acceptors (Lipinski definition) is 3. The summed E-state index contributed by atoms with van der Waals surface area (Å²) in [5.41, 5.74) is 0.932. The van der Waals surface area contributed by atoms with E-state index in [9.17, 15) is 4.79 Å². The Balaban J connectivity index is 2.47. The molecule has 1 unspecified atom stereocenters. The van der Waals surface area contributed by atoms with Crippen LogP contribution in [0.2, 0.25) is 0 Å². The zero-order valence-electron chi connectivity index (χ0n) is 9.17. The smallest absolute Gasteiger partial charge is 0.316 e. The molecular formula is C10H16N2O2S. The molecule has 1 aromatic heterocycles. The molecule has 1 rings (SSSR count). The standard InChI is InChI=1S/C10H16N2O2S/c1-7(2)12-5-4-9(11-12)6-15-8(3)10(13)14/h4-5,7-8H,6H2,1-3H3,(H,13,14). The maximum Gasteiger partial charge on any atom is 0.316 e. The Bertz CT molecular complexity index is 336. The molecule has 0 aliphatic heterocycles. The molecule has 0 spiro atoms. The molecule has 5 heteroatoms. The minimum atomic E-state index is -0.775. The number of nitrogens with zero attached hydrogens (tertiary/aromatic N) is 2. The van der Waals surface area contributed by atoms with Gasteiger partial charge in [0.15, 0.2) is 0 Å². The van der Waals surface area contributed by atoms with Crippen molar-refractivity contribution < 1.29 is 9.90 Å². The lowest BCUT2D eigenvalue weighted by Crippen LogP contribution is -2.11. The van der Waals surface area contributed by atoms with E-state index in [-0.39, 0.29) is 5.25 Å². The summed E-state index contributed by atoms with van der Waals surface area (Å²) in [4.78, 5) is 10.6. The van der Waals surface area contributed by atoms with Gasteiger partial charge in [0.05, 0.1) is 10.9 Å². The van der Waals surface area contributed by atoms with Crippen molar-refractivity contribution in [2.24, 2.45) is 0 Å². The Hall–Kier alpha value is -0.970. The number of carboxylic acid groups (broad SMARTS) is 1. The van der Waals surface area contributed by atoms with Crippen molar-refractivity contribution in [3.8, 4) is 0 Å². The molecule has 4 nitrogen and oxygen atoms in total. The van der Waals surface area contributed by atoms with Crippen LogP contribution in [0, 0.1) is 0 Å². The predicted molar refractivity (Wildman–Crippen MR) is 61.0 cm³/mol. The second kappa shape index (κ2) is 5.21. The molecule has 0 bridgehead atoms. The van der Waals surface area contributed by atoms with Gasteiger partial charge in [0.1, 0.15) is 0 Å². The summed E-state index contributed by atoms with van der Waals surface area (Å²) in [5.74, 6) is -0.129. The van der Waals surface area contributed by atoms with E-state index >= 15 is 0 Å². The lowest BCUT2D eigenvalue weighted by molar-refractivity contribution is -0.136. The zero-order chi connectivity index (χ0) is 11.4. The van der Waals surface area contributed by atoms with Crippen molar-refractivity contribution in [2.45, 2.75) is 37.8 Å². The second-order valence-corrected chi connectivity index (χ2v) is 5.00. The van der Waals surface area contributed by atoms with Gasteiger partial charge in [-0.25, -0.2) is 0 Å². The molecule has 0 amide bonds. The molecule has 84 valence electrons. The molecule has 1 aromatic rings. The van der Waals surface area contributed by atoms with Crippen molar-refractivity contribution in [3.63, 3.8) is 0 Å². The van der Waals surface area contributed by atoms with E-state index in [0.29, 0.717) is 11.8 Å². The third kappa shape index (κ3) is 3.58. The third-order valence-electron chi connectivity index (χ3n) is 2.02. The van der Waals surface area contributed by atoms with Gasteiger partial charge in [0.25, 0.3) is 0 Å². The zero-order valence-corrected chi connectivity index (χ0v) is 9.99. The quantitative estimate of drug-likeness (QED) is 0.839. The van der Waals surface area contributed by atoms with Crippen LogP contribution >= 0.6 is 11.8 Å². The largest absolute Gasteiger partial charge is 0.480 e. The van der Waals surface area contributed by atoms with Gasteiger partial charge < -0.3 is 5.11 Å². The van der Waals surface area contributed by atoms with Crippen LogP contribution in [-0.2, 0) is 10.5 Å². The van der Waals surface area contributed by atoms with Crippen LogP contribution in [0.4, 0.5) is 0 Å². The minimum absolute atomic E-state index is 0.348. The van der Waals surface area contributed by atoms with Gasteiger partial charge in [0, 0.05) is 18.0 Å². The minimum Gasteiger partial charge on any atom is -0.480 e. The number of thioether (sulfide) groups is 1. The molecule has 0 aliphatic carbocycles. The van der Waals surface area contributed by atoms with E-state index in [4.69, 9.17) is 5.11 Å². The average molecular weight is 228 g/mol. The van der Waals surface area contributed by atoms with Gasteiger partial charge in [-0.3, -0.25) is 9.48 Å². The summed E-state index contributed by atoms with van der Waals surface area (Å²) in [6.07, 6.45) is 1.92. The fraction of sp³-hybridized carbons (Fsp3) is 0.600. The Labute approximate surface area is 93.7 Å². The number of carboxylic acids is 1. The highest BCUT2D eigenvalue weighted by molar-refractivity contribution is 7.99. The topological polar surface area (TPSA) is 55.1 Å². The maximum atomic E-state index is 10.6. The van der Waals surface area contributed by atoms with Crippen LogP contribution in [0.1, 0.15) is 32.5 Å². The van der Waals surface area contributed by atoms with E-state index in [1.165, 1.54) is 11.8 Å². The van der Waals surface area contributed by atoms with Crippen molar-refractivity contribution in [1.29, 1.82) is 0 Å². The molecule has 0 aromatic carbocycles. The second-order valence-electron chi connectivity index (χ2n) is 3.67. The molecule has 15 heavy (non-hydrogen) atoms. The average Bonchev–Trinajstić information content (AvgIpc) is 2.62. The predicted octanol–water partition coefficient (Wildman–Crippen LogP) is 2.17. The Morgan fingerprint density at radius 3 is 2.73 bits per heavy atom. The molecule has 0 radical (unpaired) electrons. The molecule has 0 saturated carbocycles. The first kappa shape index (κ1) is 12.1. The van der Waals surface area contributed by atoms with Gasteiger partial charge in [-0.15, -0.1) is 11.8 Å². The van der Waals surface area contributed by atoms with Crippen LogP contribution in [-0.4, -0.2) is 26.1 Å². The highest BCUT2D eigenvalue weighted by atomic mass is 32.2. The van der Waals surface area contributed by atoms with E-state index in [2.05, 4.69) is 18.9 Å². The third-order valence-corrected chi connectivity index (χ3v) is 3.19. The SMILES string of the molecule is CC(SCc1ccn(C(C)C)n1)C(=O)O. The van der Waals surface area contributed by atoms with Crippen LogP contribution in [0.3, 0.4) is 0 Å². The van der Waals surface area contributed by atoms with Gasteiger partial charge in [-0.2, -0.15) is 5.10 Å². The van der Waals surface area contributed by atoms with Gasteiger partial charge in [-0.1, -0.05) is 0 Å². The molecule has 0 saturated heterocycles. The van der Waals surface area contributed by atoms with Crippen LogP contribution in [0.15, 0.2) is 12.3 Å². The van der Waals surface area contributed by atoms with Gasteiger partial charge in [-0.05, 0) is 26.8 Å². The molecule has 0 aliphatic rings. The fourth-order valence-corrected chi connectivity index (χ4v) is 1.74. The summed E-state index contributed by atoms with van der Waals surface area (Å²) in [6, 6.07) is 2.28. The van der Waals surface area contributed by atoms with E-state index in [1.807, 2.05) is 16.9 Å². The number of aromatic nitrogens is 2. The van der Waals surface area contributed by atoms with Crippen LogP contribution in [0.5, 0.6) is 0 Å². The summed E-state index contributed by atoms with van der Waals surface area (Å²) in [5, 5.41) is 12.7. The first-order valence-electron chi connectivity index (χ1n) is 4.89. The Kier molecular flexibility index (Phi) is 4.20. The monoisotopic (exact) mass is 228 g/mol. The van der Waals surface area contributed by atoms with Crippen molar-refractivity contribution in [3.05, 3.63) is 18.0 Å². The number of carbonyl (C=O) groups is 1. The number of aliphatic carboxylic acids is 1. The number of rotatable bonds is 5. The molecule has 0 fully saturated rings.